The summed E-state index contributed by atoms with van der Waals surface area (Å²) in [6, 6.07) is 10.1. The third-order valence-electron chi connectivity index (χ3n) is 2.63. The molecule has 18 heavy (non-hydrogen) atoms. The maximum absolute atomic E-state index is 6.11. The van der Waals surface area contributed by atoms with Crippen molar-refractivity contribution < 1.29 is 0 Å². The number of nitrogens with zero attached hydrogens (tertiary/aromatic N) is 4. The molecule has 0 aliphatic carbocycles. The number of hydrogen-bond acceptors (Lipinski definition) is 3. The minimum Gasteiger partial charge on any atom is -0.310 e. The highest BCUT2D eigenvalue weighted by Crippen LogP contribution is 2.24. The first-order chi connectivity index (χ1) is 8.75. The molecular weight excluding hydrogens is 316 g/mol. The predicted molar refractivity (Wildman–Crippen MR) is 73.6 cm³/mol. The van der Waals surface area contributed by atoms with E-state index in [2.05, 4.69) is 43.0 Å². The molecule has 3 aromatic rings. The zero-order valence-electron chi connectivity index (χ0n) is 9.22. The molecular formula is C12H8BrClN4. The van der Waals surface area contributed by atoms with E-state index in [0.29, 0.717) is 22.1 Å². The normalized spacial score (nSPS) is 11.0. The predicted octanol–water partition coefficient (Wildman–Crippen LogP) is 3.29. The van der Waals surface area contributed by atoms with E-state index in [0.717, 1.165) is 11.1 Å². The fourth-order valence-electron chi connectivity index (χ4n) is 1.81. The van der Waals surface area contributed by atoms with E-state index in [-0.39, 0.29) is 0 Å². The summed E-state index contributed by atoms with van der Waals surface area (Å²) < 4.78 is 2.65. The Labute approximate surface area is 117 Å². The highest BCUT2D eigenvalue weighted by molar-refractivity contribution is 9.10. The Hall–Kier alpha value is -1.46. The molecule has 0 fully saturated rings. The zero-order valence-corrected chi connectivity index (χ0v) is 11.6. The van der Waals surface area contributed by atoms with Crippen LogP contribution in [0.3, 0.4) is 0 Å². The van der Waals surface area contributed by atoms with Gasteiger partial charge in [-0.2, -0.15) is 0 Å². The van der Waals surface area contributed by atoms with E-state index in [1.807, 2.05) is 22.8 Å². The molecule has 0 radical (unpaired) electrons. The third-order valence-corrected chi connectivity index (χ3v) is 3.51. The minimum atomic E-state index is 0.411. The summed E-state index contributed by atoms with van der Waals surface area (Å²) in [6.45, 7) is 0.672. The summed E-state index contributed by atoms with van der Waals surface area (Å²) in [5.41, 5.74) is 2.50. The van der Waals surface area contributed by atoms with Gasteiger partial charge in [-0.25, -0.2) is 15.0 Å². The topological polar surface area (TPSA) is 43.6 Å². The van der Waals surface area contributed by atoms with Crippen molar-refractivity contribution in [2.75, 3.05) is 0 Å². The molecule has 3 rings (SSSR count). The van der Waals surface area contributed by atoms with Crippen LogP contribution in [-0.2, 0) is 6.54 Å². The number of hydrogen-bond donors (Lipinski definition) is 0. The SMILES string of the molecule is Clc1ncnc2nc(Br)n(Cc3ccccc3)c12. The monoisotopic (exact) mass is 322 g/mol. The zero-order chi connectivity index (χ0) is 12.5. The quantitative estimate of drug-likeness (QED) is 0.537. The van der Waals surface area contributed by atoms with Crippen LogP contribution in [-0.4, -0.2) is 19.5 Å². The van der Waals surface area contributed by atoms with Crippen molar-refractivity contribution in [2.45, 2.75) is 6.54 Å². The summed E-state index contributed by atoms with van der Waals surface area (Å²) >= 11 is 9.54. The number of benzene rings is 1. The van der Waals surface area contributed by atoms with E-state index < -0.39 is 0 Å². The number of rotatable bonds is 2. The van der Waals surface area contributed by atoms with Crippen LogP contribution in [0.4, 0.5) is 0 Å². The summed E-state index contributed by atoms with van der Waals surface area (Å²) in [4.78, 5) is 12.4. The molecule has 0 N–H and O–H groups in total. The van der Waals surface area contributed by atoms with Crippen molar-refractivity contribution in [1.29, 1.82) is 0 Å². The molecule has 2 heterocycles. The molecule has 0 aliphatic rings. The largest absolute Gasteiger partial charge is 0.310 e. The fourth-order valence-corrected chi connectivity index (χ4v) is 2.51. The van der Waals surface area contributed by atoms with E-state index in [1.165, 1.54) is 6.33 Å². The van der Waals surface area contributed by atoms with Crippen LogP contribution >= 0.6 is 27.5 Å². The van der Waals surface area contributed by atoms with Gasteiger partial charge < -0.3 is 4.57 Å². The van der Waals surface area contributed by atoms with Gasteiger partial charge in [-0.15, -0.1) is 0 Å². The standard InChI is InChI=1S/C12H8BrClN4/c13-12-17-11-9(10(14)15-7-16-11)18(12)6-8-4-2-1-3-5-8/h1-5,7H,6H2. The van der Waals surface area contributed by atoms with Crippen molar-refractivity contribution in [1.82, 2.24) is 19.5 Å². The van der Waals surface area contributed by atoms with Crippen LogP contribution in [0.15, 0.2) is 41.4 Å². The van der Waals surface area contributed by atoms with Crippen molar-refractivity contribution in [3.63, 3.8) is 0 Å². The molecule has 0 amide bonds. The Kier molecular flexibility index (Phi) is 3.01. The van der Waals surface area contributed by atoms with Gasteiger partial charge in [0, 0.05) is 0 Å². The molecule has 0 spiro atoms. The van der Waals surface area contributed by atoms with Crippen molar-refractivity contribution in [2.24, 2.45) is 0 Å². The summed E-state index contributed by atoms with van der Waals surface area (Å²) in [6.07, 6.45) is 1.41. The van der Waals surface area contributed by atoms with E-state index in [9.17, 15) is 0 Å². The second-order valence-corrected chi connectivity index (χ2v) is 4.86. The van der Waals surface area contributed by atoms with Crippen molar-refractivity contribution >= 4 is 38.7 Å². The Morgan fingerprint density at radius 2 is 1.94 bits per heavy atom. The Morgan fingerprint density at radius 1 is 1.17 bits per heavy atom. The first-order valence-electron chi connectivity index (χ1n) is 5.32. The van der Waals surface area contributed by atoms with Crippen molar-refractivity contribution in [3.8, 4) is 0 Å². The van der Waals surface area contributed by atoms with Gasteiger partial charge in [0.05, 0.1) is 6.54 Å². The Bertz CT molecular complexity index is 696. The summed E-state index contributed by atoms with van der Waals surface area (Å²) in [5.74, 6) is 0. The molecule has 6 heteroatoms. The lowest BCUT2D eigenvalue weighted by Gasteiger charge is -2.06. The lowest BCUT2D eigenvalue weighted by molar-refractivity contribution is 0.799. The Balaban J connectivity index is 2.14. The van der Waals surface area contributed by atoms with Gasteiger partial charge >= 0.3 is 0 Å². The van der Waals surface area contributed by atoms with Crippen LogP contribution in [0.25, 0.3) is 11.2 Å². The molecule has 4 nitrogen and oxygen atoms in total. The van der Waals surface area contributed by atoms with Gasteiger partial charge in [-0.3, -0.25) is 0 Å². The van der Waals surface area contributed by atoms with Gasteiger partial charge in [0.15, 0.2) is 15.5 Å². The van der Waals surface area contributed by atoms with Gasteiger partial charge in [0.2, 0.25) is 0 Å². The average Bonchev–Trinajstić information content (AvgIpc) is 2.69. The second-order valence-electron chi connectivity index (χ2n) is 3.79. The van der Waals surface area contributed by atoms with Crippen molar-refractivity contribution in [3.05, 3.63) is 52.1 Å². The molecule has 0 saturated heterocycles. The van der Waals surface area contributed by atoms with Crippen LogP contribution < -0.4 is 0 Å². The number of halogens is 2. The number of aromatic nitrogens is 4. The Morgan fingerprint density at radius 3 is 2.72 bits per heavy atom. The molecule has 2 aromatic heterocycles. The fraction of sp³-hybridized carbons (Fsp3) is 0.0833. The highest BCUT2D eigenvalue weighted by atomic mass is 79.9. The molecule has 0 bridgehead atoms. The first kappa shape index (κ1) is 11.6. The minimum absolute atomic E-state index is 0.411. The third kappa shape index (κ3) is 2.00. The highest BCUT2D eigenvalue weighted by Gasteiger charge is 2.13. The molecule has 0 atom stereocenters. The maximum atomic E-state index is 6.11. The number of imidazole rings is 1. The molecule has 0 unspecified atom stereocenters. The van der Waals surface area contributed by atoms with E-state index >= 15 is 0 Å². The smallest absolute Gasteiger partial charge is 0.183 e. The van der Waals surface area contributed by atoms with E-state index in [1.54, 1.807) is 0 Å². The lowest BCUT2D eigenvalue weighted by Crippen LogP contribution is -2.00. The van der Waals surface area contributed by atoms with E-state index in [4.69, 9.17) is 11.6 Å². The maximum Gasteiger partial charge on any atom is 0.183 e. The van der Waals surface area contributed by atoms with Gasteiger partial charge in [-0.05, 0) is 21.5 Å². The molecule has 0 aliphatic heterocycles. The van der Waals surface area contributed by atoms with Crippen LogP contribution in [0.1, 0.15) is 5.56 Å². The van der Waals surface area contributed by atoms with Gasteiger partial charge in [0.1, 0.15) is 11.8 Å². The summed E-state index contributed by atoms with van der Waals surface area (Å²) in [5, 5.41) is 0.411. The van der Waals surface area contributed by atoms with Gasteiger partial charge in [0.25, 0.3) is 0 Å². The molecule has 1 aromatic carbocycles. The van der Waals surface area contributed by atoms with Crippen LogP contribution in [0, 0.1) is 0 Å². The number of fused-ring (bicyclic) bond motifs is 1. The molecule has 90 valence electrons. The van der Waals surface area contributed by atoms with Crippen LogP contribution in [0.5, 0.6) is 0 Å². The second kappa shape index (κ2) is 4.66. The summed E-state index contributed by atoms with van der Waals surface area (Å²) in [7, 11) is 0. The van der Waals surface area contributed by atoms with Gasteiger partial charge in [-0.1, -0.05) is 41.9 Å². The van der Waals surface area contributed by atoms with Crippen LogP contribution in [0.2, 0.25) is 5.15 Å². The first-order valence-corrected chi connectivity index (χ1v) is 6.49. The lowest BCUT2D eigenvalue weighted by atomic mass is 10.2. The average molecular weight is 324 g/mol. The molecule has 0 saturated carbocycles.